The Morgan fingerprint density at radius 3 is 2.50 bits per heavy atom. The molecular formula is C15H19NO2. The molecule has 1 saturated carbocycles. The fourth-order valence-corrected chi connectivity index (χ4v) is 3.26. The number of nitrogens with zero attached hydrogens (tertiary/aromatic N) is 1. The lowest BCUT2D eigenvalue weighted by atomic mass is 9.81. The van der Waals surface area contributed by atoms with E-state index in [-0.39, 0.29) is 11.7 Å². The van der Waals surface area contributed by atoms with Gasteiger partial charge in [0.1, 0.15) is 5.60 Å². The van der Waals surface area contributed by atoms with Crippen molar-refractivity contribution in [1.82, 2.24) is 0 Å². The van der Waals surface area contributed by atoms with E-state index >= 15 is 0 Å². The zero-order chi connectivity index (χ0) is 12.4. The highest BCUT2D eigenvalue weighted by atomic mass is 16.5. The number of ether oxygens (including phenoxy) is 1. The van der Waals surface area contributed by atoms with Crippen LogP contribution >= 0.6 is 0 Å². The Balaban J connectivity index is 1.86. The third kappa shape index (κ3) is 1.93. The van der Waals surface area contributed by atoms with Crippen molar-refractivity contribution in [1.29, 1.82) is 0 Å². The molecule has 1 aliphatic heterocycles. The predicted octanol–water partition coefficient (Wildman–Crippen LogP) is 3.68. The lowest BCUT2D eigenvalue weighted by Gasteiger charge is -2.33. The average Bonchev–Trinajstić information content (AvgIpc) is 2.79. The van der Waals surface area contributed by atoms with Crippen LogP contribution in [-0.2, 0) is 4.74 Å². The molecule has 0 amide bonds. The van der Waals surface area contributed by atoms with Crippen LogP contribution in [0.25, 0.3) is 0 Å². The van der Waals surface area contributed by atoms with Crippen LogP contribution in [0.2, 0.25) is 0 Å². The third-order valence-corrected chi connectivity index (χ3v) is 4.23. The number of rotatable bonds is 1. The molecule has 18 heavy (non-hydrogen) atoms. The van der Waals surface area contributed by atoms with Crippen molar-refractivity contribution >= 4 is 5.71 Å². The van der Waals surface area contributed by atoms with Crippen LogP contribution in [0.1, 0.15) is 50.2 Å². The maximum absolute atomic E-state index is 9.26. The summed E-state index contributed by atoms with van der Waals surface area (Å²) in [6, 6.07) is 10.2. The first kappa shape index (κ1) is 11.7. The van der Waals surface area contributed by atoms with Gasteiger partial charge in [-0.3, -0.25) is 0 Å². The van der Waals surface area contributed by atoms with Gasteiger partial charge in [0.05, 0.1) is 11.8 Å². The van der Waals surface area contributed by atoms with Gasteiger partial charge >= 0.3 is 0 Å². The van der Waals surface area contributed by atoms with Crippen LogP contribution < -0.4 is 0 Å². The Labute approximate surface area is 107 Å². The van der Waals surface area contributed by atoms with Crippen LogP contribution in [-0.4, -0.2) is 16.5 Å². The van der Waals surface area contributed by atoms with Gasteiger partial charge < -0.3 is 9.94 Å². The first-order chi connectivity index (χ1) is 8.84. The van der Waals surface area contributed by atoms with Crippen LogP contribution in [0.4, 0.5) is 0 Å². The van der Waals surface area contributed by atoms with Gasteiger partial charge in [0.15, 0.2) is 0 Å². The Bertz CT molecular complexity index is 435. The minimum absolute atomic E-state index is 0.0511. The second-order valence-electron chi connectivity index (χ2n) is 5.32. The fourth-order valence-electron chi connectivity index (χ4n) is 3.26. The highest BCUT2D eigenvalue weighted by Crippen LogP contribution is 2.45. The summed E-state index contributed by atoms with van der Waals surface area (Å²) in [5, 5.41) is 12.8. The molecule has 1 aromatic rings. The minimum atomic E-state index is -0.284. The molecule has 1 spiro atoms. The van der Waals surface area contributed by atoms with Crippen molar-refractivity contribution < 1.29 is 9.94 Å². The van der Waals surface area contributed by atoms with Crippen molar-refractivity contribution in [2.24, 2.45) is 5.16 Å². The number of oxime groups is 1. The molecule has 0 unspecified atom stereocenters. The zero-order valence-electron chi connectivity index (χ0n) is 10.5. The normalized spacial score (nSPS) is 28.9. The Kier molecular flexibility index (Phi) is 3.08. The molecular weight excluding hydrogens is 226 g/mol. The minimum Gasteiger partial charge on any atom is -0.411 e. The largest absolute Gasteiger partial charge is 0.411 e. The van der Waals surface area contributed by atoms with E-state index in [4.69, 9.17) is 4.74 Å². The Hall–Kier alpha value is -1.35. The zero-order valence-corrected chi connectivity index (χ0v) is 10.5. The van der Waals surface area contributed by atoms with Gasteiger partial charge in [-0.2, -0.15) is 0 Å². The van der Waals surface area contributed by atoms with Crippen molar-refractivity contribution in [3.8, 4) is 0 Å². The second-order valence-corrected chi connectivity index (χ2v) is 5.32. The van der Waals surface area contributed by atoms with Gasteiger partial charge in [-0.25, -0.2) is 0 Å². The first-order valence-electron chi connectivity index (χ1n) is 6.78. The fraction of sp³-hybridized carbons (Fsp3) is 0.533. The monoisotopic (exact) mass is 245 g/mol. The lowest BCUT2D eigenvalue weighted by Crippen LogP contribution is -2.38. The molecule has 1 heterocycles. The molecule has 3 rings (SSSR count). The molecule has 96 valence electrons. The van der Waals surface area contributed by atoms with Crippen LogP contribution in [0.5, 0.6) is 0 Å². The number of hydrogen-bond donors (Lipinski definition) is 1. The van der Waals surface area contributed by atoms with Gasteiger partial charge in [-0.15, -0.1) is 0 Å². The van der Waals surface area contributed by atoms with Crippen LogP contribution in [0.15, 0.2) is 35.5 Å². The number of hydrogen-bond acceptors (Lipinski definition) is 3. The molecule has 1 aromatic carbocycles. The first-order valence-corrected chi connectivity index (χ1v) is 6.78. The summed E-state index contributed by atoms with van der Waals surface area (Å²) in [7, 11) is 0. The summed E-state index contributed by atoms with van der Waals surface area (Å²) in [5.41, 5.74) is 1.74. The maximum atomic E-state index is 9.26. The quantitative estimate of drug-likeness (QED) is 0.605. The maximum Gasteiger partial charge on any atom is 0.110 e. The number of benzene rings is 1. The predicted molar refractivity (Wildman–Crippen MR) is 69.9 cm³/mol. The summed E-state index contributed by atoms with van der Waals surface area (Å²) < 4.78 is 6.29. The molecule has 0 aromatic heterocycles. The van der Waals surface area contributed by atoms with E-state index in [1.165, 1.54) is 24.8 Å². The topological polar surface area (TPSA) is 41.8 Å². The van der Waals surface area contributed by atoms with E-state index in [1.54, 1.807) is 0 Å². The molecule has 1 saturated heterocycles. The van der Waals surface area contributed by atoms with Gasteiger partial charge in [0, 0.05) is 6.42 Å². The SMILES string of the molecule is O/N=C1/C[C@H](c2ccccc2)OC12CCCCC2. The van der Waals surface area contributed by atoms with Gasteiger partial charge in [-0.1, -0.05) is 54.8 Å². The smallest absolute Gasteiger partial charge is 0.110 e. The molecule has 0 radical (unpaired) electrons. The summed E-state index contributed by atoms with van der Waals surface area (Å²) in [4.78, 5) is 0. The Morgan fingerprint density at radius 1 is 1.11 bits per heavy atom. The summed E-state index contributed by atoms with van der Waals surface area (Å²) in [6.07, 6.45) is 6.36. The highest BCUT2D eigenvalue weighted by molar-refractivity contribution is 5.94. The van der Waals surface area contributed by atoms with E-state index in [2.05, 4.69) is 17.3 Å². The van der Waals surface area contributed by atoms with Crippen molar-refractivity contribution in [2.75, 3.05) is 0 Å². The molecule has 2 fully saturated rings. The Morgan fingerprint density at radius 2 is 1.83 bits per heavy atom. The third-order valence-electron chi connectivity index (χ3n) is 4.23. The van der Waals surface area contributed by atoms with Crippen LogP contribution in [0, 0.1) is 0 Å². The molecule has 1 N–H and O–H groups in total. The molecule has 0 bridgehead atoms. The molecule has 3 nitrogen and oxygen atoms in total. The summed E-state index contributed by atoms with van der Waals surface area (Å²) in [6.45, 7) is 0. The van der Waals surface area contributed by atoms with Gasteiger partial charge in [0.25, 0.3) is 0 Å². The average molecular weight is 245 g/mol. The highest BCUT2D eigenvalue weighted by Gasteiger charge is 2.47. The van der Waals surface area contributed by atoms with E-state index in [9.17, 15) is 5.21 Å². The van der Waals surface area contributed by atoms with Crippen molar-refractivity contribution in [3.05, 3.63) is 35.9 Å². The molecule has 2 aliphatic rings. The summed E-state index contributed by atoms with van der Waals surface area (Å²) >= 11 is 0. The van der Waals surface area contributed by atoms with E-state index < -0.39 is 0 Å². The van der Waals surface area contributed by atoms with E-state index in [0.717, 1.165) is 25.0 Å². The molecule has 1 aliphatic carbocycles. The van der Waals surface area contributed by atoms with Gasteiger partial charge in [0.2, 0.25) is 0 Å². The van der Waals surface area contributed by atoms with E-state index in [1.807, 2.05) is 18.2 Å². The van der Waals surface area contributed by atoms with Gasteiger partial charge in [-0.05, 0) is 18.4 Å². The summed E-state index contributed by atoms with van der Waals surface area (Å²) in [5.74, 6) is 0. The van der Waals surface area contributed by atoms with Crippen molar-refractivity contribution in [3.63, 3.8) is 0 Å². The van der Waals surface area contributed by atoms with E-state index in [0.29, 0.717) is 0 Å². The molecule has 1 atom stereocenters. The van der Waals surface area contributed by atoms with Crippen LogP contribution in [0.3, 0.4) is 0 Å². The molecule has 3 heteroatoms. The lowest BCUT2D eigenvalue weighted by molar-refractivity contribution is -0.0409. The second kappa shape index (κ2) is 4.73. The van der Waals surface area contributed by atoms with Crippen molar-refractivity contribution in [2.45, 2.75) is 50.2 Å². The standard InChI is InChI=1S/C15H19NO2/c17-16-14-11-13(12-7-3-1-4-8-12)18-15(14)9-5-2-6-10-15/h1,3-4,7-8,13,17H,2,5-6,9-11H2/b16-14-/t13-/m1/s1.